The molecule has 0 aromatic heterocycles. The van der Waals surface area contributed by atoms with Crippen molar-refractivity contribution in [1.29, 1.82) is 0 Å². The summed E-state index contributed by atoms with van der Waals surface area (Å²) in [5, 5.41) is 0. The van der Waals surface area contributed by atoms with Crippen molar-refractivity contribution in [2.75, 3.05) is 0 Å². The summed E-state index contributed by atoms with van der Waals surface area (Å²) in [6.45, 7) is 2.29. The predicted molar refractivity (Wildman–Crippen MR) is 113 cm³/mol. The third-order valence-electron chi connectivity index (χ3n) is 4.98. The van der Waals surface area contributed by atoms with Gasteiger partial charge < -0.3 is 0 Å². The van der Waals surface area contributed by atoms with Crippen molar-refractivity contribution >= 4 is 5.94 Å². The van der Waals surface area contributed by atoms with Crippen molar-refractivity contribution in [2.24, 2.45) is 0 Å². The van der Waals surface area contributed by atoms with E-state index in [1.807, 2.05) is 0 Å². The van der Waals surface area contributed by atoms with Crippen LogP contribution in [0.5, 0.6) is 0 Å². The van der Waals surface area contributed by atoms with Crippen LogP contribution in [0.1, 0.15) is 129 Å². The second-order valence-corrected chi connectivity index (χ2v) is 7.47. The largest absolute Gasteiger partial charge is 0.234 e. The average molecular weight is 349 g/mol. The van der Waals surface area contributed by atoms with E-state index >= 15 is 0 Å². The molecule has 0 rings (SSSR count). The average Bonchev–Trinajstić information content (AvgIpc) is 2.63. The molecule has 0 spiro atoms. The zero-order valence-corrected chi connectivity index (χ0v) is 17.1. The molecule has 0 unspecified atom stereocenters. The fraction of sp³-hybridized carbons (Fsp3) is 0.833. The van der Waals surface area contributed by atoms with E-state index in [1.165, 1.54) is 115 Å². The van der Waals surface area contributed by atoms with Crippen molar-refractivity contribution < 1.29 is 4.79 Å². The van der Waals surface area contributed by atoms with Crippen molar-refractivity contribution in [1.82, 2.24) is 0 Å². The van der Waals surface area contributed by atoms with Gasteiger partial charge in [0.1, 0.15) is 5.94 Å². The molecular formula is C24H44O. The van der Waals surface area contributed by atoms with Crippen LogP contribution >= 0.6 is 0 Å². The highest BCUT2D eigenvalue weighted by atomic mass is 16.1. The fourth-order valence-corrected chi connectivity index (χ4v) is 3.32. The van der Waals surface area contributed by atoms with Crippen molar-refractivity contribution in [3.63, 3.8) is 0 Å². The minimum atomic E-state index is 0.739. The van der Waals surface area contributed by atoms with E-state index in [4.69, 9.17) is 0 Å². The number of hydrogen-bond acceptors (Lipinski definition) is 1. The first-order valence-electron chi connectivity index (χ1n) is 11.3. The van der Waals surface area contributed by atoms with Crippen LogP contribution in [0.15, 0.2) is 18.2 Å². The van der Waals surface area contributed by atoms with E-state index < -0.39 is 0 Å². The van der Waals surface area contributed by atoms with Crippen molar-refractivity contribution in [3.8, 4) is 0 Å². The molecule has 0 saturated heterocycles. The van der Waals surface area contributed by atoms with Gasteiger partial charge in [-0.1, -0.05) is 122 Å². The molecule has 25 heavy (non-hydrogen) atoms. The summed E-state index contributed by atoms with van der Waals surface area (Å²) in [5.74, 6) is 1.80. The summed E-state index contributed by atoms with van der Waals surface area (Å²) in [4.78, 5) is 9.99. The first kappa shape index (κ1) is 24.2. The Morgan fingerprint density at radius 1 is 0.560 bits per heavy atom. The molecule has 0 aliphatic heterocycles. The molecule has 0 saturated carbocycles. The van der Waals surface area contributed by atoms with Gasteiger partial charge in [0.15, 0.2) is 0 Å². The monoisotopic (exact) mass is 348 g/mol. The lowest BCUT2D eigenvalue weighted by atomic mass is 10.0. The van der Waals surface area contributed by atoms with Gasteiger partial charge in [-0.2, -0.15) is 0 Å². The summed E-state index contributed by atoms with van der Waals surface area (Å²) in [6, 6.07) is 0. The maximum absolute atomic E-state index is 9.99. The minimum Gasteiger partial charge on any atom is -0.234 e. The molecule has 0 aromatic rings. The quantitative estimate of drug-likeness (QED) is 0.123. The SMILES string of the molecule is CCCCCCCCCCCCCCCCCCC/C=C/CC=C=O. The van der Waals surface area contributed by atoms with Gasteiger partial charge in [-0.15, -0.1) is 0 Å². The molecule has 0 heterocycles. The molecule has 0 N–H and O–H groups in total. The Balaban J connectivity index is 3.02. The number of rotatable bonds is 20. The lowest BCUT2D eigenvalue weighted by molar-refractivity contribution is 0.527. The third kappa shape index (κ3) is 23.2. The zero-order chi connectivity index (χ0) is 18.3. The van der Waals surface area contributed by atoms with Crippen molar-refractivity contribution in [3.05, 3.63) is 18.2 Å². The minimum absolute atomic E-state index is 0.739. The summed E-state index contributed by atoms with van der Waals surface area (Å²) in [7, 11) is 0. The standard InChI is InChI=1S/C24H44O/c1-2-3-4-5-6-7-8-9-10-11-12-13-14-15-16-17-18-19-20-21-22-23-24-25/h20-21,23H,2-19,22H2,1H3/b21-20+. The van der Waals surface area contributed by atoms with E-state index in [-0.39, 0.29) is 0 Å². The molecule has 0 radical (unpaired) electrons. The van der Waals surface area contributed by atoms with Crippen LogP contribution in [-0.2, 0) is 4.79 Å². The highest BCUT2D eigenvalue weighted by molar-refractivity contribution is 5.45. The van der Waals surface area contributed by atoms with Gasteiger partial charge in [-0.25, -0.2) is 4.79 Å². The molecule has 0 aliphatic rings. The Hall–Kier alpha value is -0.810. The molecule has 0 bridgehead atoms. The number of hydrogen-bond donors (Lipinski definition) is 0. The van der Waals surface area contributed by atoms with Crippen LogP contribution in [0.2, 0.25) is 0 Å². The molecular weight excluding hydrogens is 304 g/mol. The Labute approximate surface area is 158 Å². The van der Waals surface area contributed by atoms with Gasteiger partial charge in [0.05, 0.1) is 0 Å². The molecule has 0 amide bonds. The molecule has 0 atom stereocenters. The Bertz CT molecular complexity index is 312. The maximum atomic E-state index is 9.99. The molecule has 0 fully saturated rings. The first-order valence-corrected chi connectivity index (χ1v) is 11.3. The third-order valence-corrected chi connectivity index (χ3v) is 4.98. The second-order valence-electron chi connectivity index (χ2n) is 7.47. The van der Waals surface area contributed by atoms with Crippen LogP contribution in [0, 0.1) is 0 Å². The van der Waals surface area contributed by atoms with Gasteiger partial charge >= 0.3 is 0 Å². The van der Waals surface area contributed by atoms with Gasteiger partial charge in [0, 0.05) is 6.08 Å². The zero-order valence-electron chi connectivity index (χ0n) is 17.1. The fourth-order valence-electron chi connectivity index (χ4n) is 3.32. The number of allylic oxidation sites excluding steroid dienone is 3. The van der Waals surface area contributed by atoms with E-state index in [1.54, 1.807) is 5.94 Å². The molecule has 1 nitrogen and oxygen atoms in total. The van der Waals surface area contributed by atoms with Crippen LogP contribution in [-0.4, -0.2) is 5.94 Å². The van der Waals surface area contributed by atoms with Crippen LogP contribution in [0.4, 0.5) is 0 Å². The Morgan fingerprint density at radius 2 is 0.960 bits per heavy atom. The van der Waals surface area contributed by atoms with Crippen molar-refractivity contribution in [2.45, 2.75) is 129 Å². The van der Waals surface area contributed by atoms with Gasteiger partial charge in [-0.3, -0.25) is 0 Å². The smallest absolute Gasteiger partial charge is 0.120 e. The normalized spacial score (nSPS) is 11.1. The van der Waals surface area contributed by atoms with E-state index in [0.29, 0.717) is 0 Å². The summed E-state index contributed by atoms with van der Waals surface area (Å²) >= 11 is 0. The van der Waals surface area contributed by atoms with E-state index in [9.17, 15) is 4.79 Å². The predicted octanol–water partition coefficient (Wildman–Crippen LogP) is 8.36. The number of unbranched alkanes of at least 4 members (excludes halogenated alkanes) is 17. The lowest BCUT2D eigenvalue weighted by Gasteiger charge is -2.03. The van der Waals surface area contributed by atoms with Gasteiger partial charge in [-0.05, 0) is 19.3 Å². The van der Waals surface area contributed by atoms with Crippen LogP contribution < -0.4 is 0 Å². The molecule has 0 aliphatic carbocycles. The summed E-state index contributed by atoms with van der Waals surface area (Å²) in [6.07, 6.45) is 31.9. The molecule has 0 aromatic carbocycles. The topological polar surface area (TPSA) is 17.1 Å². The van der Waals surface area contributed by atoms with Crippen LogP contribution in [0.3, 0.4) is 0 Å². The second kappa shape index (κ2) is 23.2. The highest BCUT2D eigenvalue weighted by Crippen LogP contribution is 2.14. The Morgan fingerprint density at radius 3 is 1.36 bits per heavy atom. The number of carbonyl (C=O) groups excluding carboxylic acids is 1. The Kier molecular flexibility index (Phi) is 22.4. The van der Waals surface area contributed by atoms with E-state index in [0.717, 1.165) is 12.8 Å². The maximum Gasteiger partial charge on any atom is 0.120 e. The molecule has 1 heteroatoms. The lowest BCUT2D eigenvalue weighted by Crippen LogP contribution is -1.83. The highest BCUT2D eigenvalue weighted by Gasteiger charge is 1.94. The molecule has 146 valence electrons. The summed E-state index contributed by atoms with van der Waals surface area (Å²) < 4.78 is 0. The first-order chi connectivity index (χ1) is 12.4. The summed E-state index contributed by atoms with van der Waals surface area (Å²) in [5.41, 5.74) is 0. The van der Waals surface area contributed by atoms with Gasteiger partial charge in [0.25, 0.3) is 0 Å². The van der Waals surface area contributed by atoms with Crippen LogP contribution in [0.25, 0.3) is 0 Å². The van der Waals surface area contributed by atoms with E-state index in [2.05, 4.69) is 19.1 Å². The van der Waals surface area contributed by atoms with Gasteiger partial charge in [0.2, 0.25) is 0 Å².